The van der Waals surface area contributed by atoms with Gasteiger partial charge in [-0.2, -0.15) is 0 Å². The third-order valence-electron chi connectivity index (χ3n) is 5.75. The van der Waals surface area contributed by atoms with Gasteiger partial charge in [0.15, 0.2) is 11.5 Å². The molecular weight excluding hydrogens is 390 g/mol. The van der Waals surface area contributed by atoms with Gasteiger partial charge in [0.1, 0.15) is 5.60 Å². The second kappa shape index (κ2) is 7.88. The highest BCUT2D eigenvalue weighted by atomic mass is 35.5. The number of nitrogens with zero attached hydrogens (tertiary/aromatic N) is 1. The summed E-state index contributed by atoms with van der Waals surface area (Å²) in [5.41, 5.74) is 2.32. The summed E-state index contributed by atoms with van der Waals surface area (Å²) in [4.78, 5) is 14.8. The Morgan fingerprint density at radius 1 is 1.28 bits per heavy atom. The van der Waals surface area contributed by atoms with Crippen LogP contribution in [0.15, 0.2) is 36.4 Å². The van der Waals surface area contributed by atoms with Crippen molar-refractivity contribution < 1.29 is 19.4 Å². The number of benzene rings is 2. The van der Waals surface area contributed by atoms with Crippen LogP contribution >= 0.6 is 11.6 Å². The van der Waals surface area contributed by atoms with Crippen molar-refractivity contribution in [2.45, 2.75) is 44.3 Å². The van der Waals surface area contributed by atoms with Gasteiger partial charge in [-0.3, -0.25) is 4.79 Å². The van der Waals surface area contributed by atoms with Crippen LogP contribution in [0.4, 0.5) is 0 Å². The number of carbonyl (C=O) groups excluding carboxylic acids is 1. The molecule has 0 radical (unpaired) electrons. The van der Waals surface area contributed by atoms with Gasteiger partial charge in [0.2, 0.25) is 0 Å². The SMILES string of the molecule is COc1cc(C(=O)N2CCC(O)CC2)cc2c1OC(C)(Cc1ccc(Cl)cc1)C2. The molecule has 1 amide bonds. The topological polar surface area (TPSA) is 59.0 Å². The number of halogens is 1. The first-order chi connectivity index (χ1) is 13.9. The molecule has 1 saturated heterocycles. The van der Waals surface area contributed by atoms with Gasteiger partial charge in [-0.15, -0.1) is 0 Å². The van der Waals surface area contributed by atoms with Gasteiger partial charge >= 0.3 is 0 Å². The number of hydrogen-bond donors (Lipinski definition) is 1. The largest absolute Gasteiger partial charge is 0.493 e. The first-order valence-electron chi connectivity index (χ1n) is 9.98. The molecule has 2 aromatic rings. The molecule has 1 fully saturated rings. The molecule has 0 spiro atoms. The van der Waals surface area contributed by atoms with E-state index in [1.807, 2.05) is 30.3 Å². The predicted octanol–water partition coefficient (Wildman–Crippen LogP) is 3.88. The van der Waals surface area contributed by atoms with Crippen molar-refractivity contribution in [3.8, 4) is 11.5 Å². The highest BCUT2D eigenvalue weighted by Crippen LogP contribution is 2.44. The van der Waals surface area contributed by atoms with E-state index in [-0.39, 0.29) is 12.0 Å². The number of hydrogen-bond acceptors (Lipinski definition) is 4. The van der Waals surface area contributed by atoms with E-state index in [9.17, 15) is 9.90 Å². The van der Waals surface area contributed by atoms with Gasteiger partial charge in [-0.05, 0) is 49.6 Å². The maximum Gasteiger partial charge on any atom is 0.254 e. The van der Waals surface area contributed by atoms with Crippen molar-refractivity contribution >= 4 is 17.5 Å². The lowest BCUT2D eigenvalue weighted by Gasteiger charge is -2.29. The summed E-state index contributed by atoms with van der Waals surface area (Å²) in [6.45, 7) is 3.23. The van der Waals surface area contributed by atoms with E-state index < -0.39 is 5.60 Å². The van der Waals surface area contributed by atoms with Gasteiger partial charge in [-0.25, -0.2) is 0 Å². The summed E-state index contributed by atoms with van der Waals surface area (Å²) in [5, 5.41) is 10.4. The van der Waals surface area contributed by atoms with Crippen LogP contribution in [0.2, 0.25) is 5.02 Å². The van der Waals surface area contributed by atoms with E-state index in [0.29, 0.717) is 48.7 Å². The molecule has 2 aliphatic rings. The molecule has 1 atom stereocenters. The number of carbonyl (C=O) groups is 1. The van der Waals surface area contributed by atoms with E-state index in [1.54, 1.807) is 18.1 Å². The van der Waals surface area contributed by atoms with Crippen LogP contribution in [-0.4, -0.2) is 47.8 Å². The van der Waals surface area contributed by atoms with Gasteiger partial charge < -0.3 is 19.5 Å². The third-order valence-corrected chi connectivity index (χ3v) is 6.01. The van der Waals surface area contributed by atoms with E-state index in [1.165, 1.54) is 0 Å². The van der Waals surface area contributed by atoms with E-state index in [2.05, 4.69) is 6.92 Å². The number of likely N-dealkylation sites (tertiary alicyclic amines) is 1. The Morgan fingerprint density at radius 3 is 2.62 bits per heavy atom. The number of methoxy groups -OCH3 is 1. The molecule has 0 saturated carbocycles. The van der Waals surface area contributed by atoms with Crippen LogP contribution in [0, 0.1) is 0 Å². The molecule has 0 aliphatic carbocycles. The fourth-order valence-corrected chi connectivity index (χ4v) is 4.38. The summed E-state index contributed by atoms with van der Waals surface area (Å²) in [6, 6.07) is 11.5. The van der Waals surface area contributed by atoms with E-state index >= 15 is 0 Å². The van der Waals surface area contributed by atoms with Gasteiger partial charge in [0.25, 0.3) is 5.91 Å². The van der Waals surface area contributed by atoms with Crippen molar-refractivity contribution in [3.63, 3.8) is 0 Å². The zero-order valence-electron chi connectivity index (χ0n) is 16.8. The van der Waals surface area contributed by atoms with E-state index in [4.69, 9.17) is 21.1 Å². The minimum atomic E-state index is -0.416. The lowest BCUT2D eigenvalue weighted by atomic mass is 9.91. The predicted molar refractivity (Wildman–Crippen MR) is 112 cm³/mol. The smallest absolute Gasteiger partial charge is 0.254 e. The summed E-state index contributed by atoms with van der Waals surface area (Å²) in [5.74, 6) is 1.28. The molecular formula is C23H26ClNO4. The lowest BCUT2D eigenvalue weighted by molar-refractivity contribution is 0.0546. The Labute approximate surface area is 176 Å². The standard InChI is InChI=1S/C23H26ClNO4/c1-23(13-15-3-5-18(24)6-4-15)14-17-11-16(12-20(28-2)21(17)29-23)22(27)25-9-7-19(26)8-10-25/h3-6,11-12,19,26H,7-10,13-14H2,1-2H3. The Kier molecular flexibility index (Phi) is 5.45. The summed E-state index contributed by atoms with van der Waals surface area (Å²) < 4.78 is 11.9. The van der Waals surface area contributed by atoms with Crippen LogP contribution in [0.5, 0.6) is 11.5 Å². The Hall–Kier alpha value is -2.24. The summed E-state index contributed by atoms with van der Waals surface area (Å²) in [6.07, 6.45) is 2.36. The van der Waals surface area contributed by atoms with Crippen LogP contribution < -0.4 is 9.47 Å². The van der Waals surface area contributed by atoms with E-state index in [0.717, 1.165) is 23.3 Å². The van der Waals surface area contributed by atoms with Crippen molar-refractivity contribution in [2.75, 3.05) is 20.2 Å². The van der Waals surface area contributed by atoms with Crippen molar-refractivity contribution in [2.24, 2.45) is 0 Å². The maximum atomic E-state index is 13.0. The number of piperidine rings is 1. The summed E-state index contributed by atoms with van der Waals surface area (Å²) in [7, 11) is 1.60. The van der Waals surface area contributed by atoms with Crippen LogP contribution in [0.3, 0.4) is 0 Å². The lowest BCUT2D eigenvalue weighted by Crippen LogP contribution is -2.40. The van der Waals surface area contributed by atoms with Gasteiger partial charge in [-0.1, -0.05) is 23.7 Å². The molecule has 5 nitrogen and oxygen atoms in total. The minimum Gasteiger partial charge on any atom is -0.493 e. The zero-order chi connectivity index (χ0) is 20.6. The molecule has 0 aromatic heterocycles. The second-order valence-electron chi connectivity index (χ2n) is 8.22. The van der Waals surface area contributed by atoms with Crippen molar-refractivity contribution in [1.82, 2.24) is 4.90 Å². The normalized spacial score (nSPS) is 21.6. The molecule has 2 aliphatic heterocycles. The molecule has 1 N–H and O–H groups in total. The molecule has 2 heterocycles. The first-order valence-corrected chi connectivity index (χ1v) is 10.4. The third kappa shape index (κ3) is 4.21. The first kappa shape index (κ1) is 20.0. The highest BCUT2D eigenvalue weighted by Gasteiger charge is 2.38. The number of fused-ring (bicyclic) bond motifs is 1. The molecule has 0 bridgehead atoms. The Morgan fingerprint density at radius 2 is 1.97 bits per heavy atom. The highest BCUT2D eigenvalue weighted by molar-refractivity contribution is 6.30. The monoisotopic (exact) mass is 415 g/mol. The molecule has 4 rings (SSSR count). The number of aliphatic hydroxyl groups excluding tert-OH is 1. The average Bonchev–Trinajstić information content (AvgIpc) is 3.05. The fraction of sp³-hybridized carbons (Fsp3) is 0.435. The average molecular weight is 416 g/mol. The second-order valence-corrected chi connectivity index (χ2v) is 8.66. The molecule has 6 heteroatoms. The Balaban J connectivity index is 1.56. The van der Waals surface area contributed by atoms with Crippen LogP contribution in [0.25, 0.3) is 0 Å². The Bertz CT molecular complexity index is 906. The maximum absolute atomic E-state index is 13.0. The zero-order valence-corrected chi connectivity index (χ0v) is 17.5. The minimum absolute atomic E-state index is 0.0238. The summed E-state index contributed by atoms with van der Waals surface area (Å²) >= 11 is 6.00. The number of rotatable bonds is 4. The molecule has 154 valence electrons. The van der Waals surface area contributed by atoms with Crippen LogP contribution in [0.1, 0.15) is 41.3 Å². The molecule has 2 aromatic carbocycles. The van der Waals surface area contributed by atoms with Crippen LogP contribution in [-0.2, 0) is 12.8 Å². The van der Waals surface area contributed by atoms with Crippen molar-refractivity contribution in [1.29, 1.82) is 0 Å². The quantitative estimate of drug-likeness (QED) is 0.823. The molecule has 29 heavy (non-hydrogen) atoms. The van der Waals surface area contributed by atoms with Gasteiger partial charge in [0, 0.05) is 42.1 Å². The molecule has 1 unspecified atom stereocenters. The number of aliphatic hydroxyl groups is 1. The van der Waals surface area contributed by atoms with Crippen molar-refractivity contribution in [3.05, 3.63) is 58.1 Å². The number of amides is 1. The van der Waals surface area contributed by atoms with Gasteiger partial charge in [0.05, 0.1) is 13.2 Å². The number of ether oxygens (including phenoxy) is 2. The fourth-order valence-electron chi connectivity index (χ4n) is 4.25.